The molecule has 1 aliphatic carbocycles. The molecule has 0 unspecified atom stereocenters. The van der Waals surface area contributed by atoms with Gasteiger partial charge in [0.25, 0.3) is 0 Å². The van der Waals surface area contributed by atoms with Crippen molar-refractivity contribution >= 4 is 10.9 Å². The summed E-state index contributed by atoms with van der Waals surface area (Å²) in [4.78, 5) is 3.40. The van der Waals surface area contributed by atoms with E-state index < -0.39 is 0 Å². The summed E-state index contributed by atoms with van der Waals surface area (Å²) >= 11 is 0. The number of H-pyrrole nitrogens is 1. The summed E-state index contributed by atoms with van der Waals surface area (Å²) in [5.74, 6) is 0. The van der Waals surface area contributed by atoms with Gasteiger partial charge in [0.2, 0.25) is 0 Å². The zero-order valence-electron chi connectivity index (χ0n) is 10.6. The third-order valence-corrected chi connectivity index (χ3v) is 3.61. The molecule has 1 heterocycles. The quantitative estimate of drug-likeness (QED) is 0.827. The minimum atomic E-state index is 0.809. The molecule has 17 heavy (non-hydrogen) atoms. The lowest BCUT2D eigenvalue weighted by molar-refractivity contribution is 0.683. The molecule has 1 aliphatic rings. The van der Waals surface area contributed by atoms with E-state index in [1.807, 2.05) is 0 Å². The van der Waals surface area contributed by atoms with Crippen LogP contribution in [0.1, 0.15) is 29.5 Å². The van der Waals surface area contributed by atoms with Crippen molar-refractivity contribution in [2.75, 3.05) is 6.54 Å². The molecule has 2 aromatic rings. The average Bonchev–Trinajstić information content (AvgIpc) is 3.00. The van der Waals surface area contributed by atoms with E-state index in [2.05, 4.69) is 42.5 Å². The summed E-state index contributed by atoms with van der Waals surface area (Å²) in [5, 5.41) is 5.00. The van der Waals surface area contributed by atoms with Crippen molar-refractivity contribution in [2.45, 2.75) is 39.2 Å². The van der Waals surface area contributed by atoms with Gasteiger partial charge in [-0.25, -0.2) is 0 Å². The number of nitrogens with one attached hydrogen (secondary N) is 2. The first kappa shape index (κ1) is 10.8. The lowest BCUT2D eigenvalue weighted by Gasteiger charge is -2.04. The molecule has 2 N–H and O–H groups in total. The maximum Gasteiger partial charge on any atom is 0.0462 e. The van der Waals surface area contributed by atoms with Gasteiger partial charge >= 0.3 is 0 Å². The topological polar surface area (TPSA) is 27.8 Å². The van der Waals surface area contributed by atoms with Crippen LogP contribution in [-0.4, -0.2) is 17.6 Å². The highest BCUT2D eigenvalue weighted by atomic mass is 14.9. The van der Waals surface area contributed by atoms with Crippen LogP contribution in [0.3, 0.4) is 0 Å². The average molecular weight is 228 g/mol. The Morgan fingerprint density at radius 1 is 1.29 bits per heavy atom. The fourth-order valence-corrected chi connectivity index (χ4v) is 2.64. The molecule has 0 atom stereocenters. The Hall–Kier alpha value is -1.28. The zero-order chi connectivity index (χ0) is 11.8. The minimum Gasteiger partial charge on any atom is -0.361 e. The number of fused-ring (bicyclic) bond motifs is 1. The molecule has 0 spiro atoms. The molecule has 1 fully saturated rings. The van der Waals surface area contributed by atoms with Gasteiger partial charge in [0.1, 0.15) is 0 Å². The lowest BCUT2D eigenvalue weighted by Crippen LogP contribution is -2.19. The summed E-state index contributed by atoms with van der Waals surface area (Å²) in [6.45, 7) is 5.47. The van der Waals surface area contributed by atoms with Crippen LogP contribution in [-0.2, 0) is 6.42 Å². The number of aromatic nitrogens is 1. The van der Waals surface area contributed by atoms with Crippen LogP contribution in [0.25, 0.3) is 10.9 Å². The first-order chi connectivity index (χ1) is 8.24. The van der Waals surface area contributed by atoms with Crippen LogP contribution in [0.4, 0.5) is 0 Å². The van der Waals surface area contributed by atoms with Crippen molar-refractivity contribution < 1.29 is 0 Å². The first-order valence-electron chi connectivity index (χ1n) is 6.54. The summed E-state index contributed by atoms with van der Waals surface area (Å²) in [5.41, 5.74) is 5.46. The highest BCUT2D eigenvalue weighted by Gasteiger charge is 2.19. The molecule has 3 rings (SSSR count). The van der Waals surface area contributed by atoms with Gasteiger partial charge in [-0.15, -0.1) is 0 Å². The maximum atomic E-state index is 3.58. The summed E-state index contributed by atoms with van der Waals surface area (Å²) in [6, 6.07) is 5.32. The van der Waals surface area contributed by atoms with Gasteiger partial charge in [-0.2, -0.15) is 0 Å². The monoisotopic (exact) mass is 228 g/mol. The number of aryl methyl sites for hydroxylation is 2. The lowest BCUT2D eigenvalue weighted by atomic mass is 10.0. The van der Waals surface area contributed by atoms with Crippen LogP contribution in [0.15, 0.2) is 18.3 Å². The molecular weight excluding hydrogens is 208 g/mol. The SMILES string of the molecule is Cc1cc(C)c2c(CCNC3CC3)c[nH]c2c1. The van der Waals surface area contributed by atoms with E-state index in [0.717, 1.165) is 19.0 Å². The van der Waals surface area contributed by atoms with Gasteiger partial charge in [0.05, 0.1) is 0 Å². The molecular formula is C15H20N2. The third-order valence-electron chi connectivity index (χ3n) is 3.61. The molecule has 90 valence electrons. The van der Waals surface area contributed by atoms with E-state index in [9.17, 15) is 0 Å². The van der Waals surface area contributed by atoms with Gasteiger partial charge < -0.3 is 10.3 Å². The zero-order valence-corrected chi connectivity index (χ0v) is 10.6. The summed E-state index contributed by atoms with van der Waals surface area (Å²) < 4.78 is 0. The van der Waals surface area contributed by atoms with Crippen LogP contribution in [0, 0.1) is 13.8 Å². The van der Waals surface area contributed by atoms with Crippen molar-refractivity contribution in [1.82, 2.24) is 10.3 Å². The van der Waals surface area contributed by atoms with Crippen molar-refractivity contribution in [1.29, 1.82) is 0 Å². The normalized spacial score (nSPS) is 15.6. The number of hydrogen-bond acceptors (Lipinski definition) is 1. The van der Waals surface area contributed by atoms with E-state index in [-0.39, 0.29) is 0 Å². The van der Waals surface area contributed by atoms with E-state index in [1.54, 1.807) is 0 Å². The Labute approximate surface area is 102 Å². The van der Waals surface area contributed by atoms with Crippen LogP contribution < -0.4 is 5.32 Å². The number of rotatable bonds is 4. The van der Waals surface area contributed by atoms with Gasteiger partial charge in [-0.3, -0.25) is 0 Å². The van der Waals surface area contributed by atoms with Crippen molar-refractivity contribution in [3.05, 3.63) is 35.0 Å². The first-order valence-corrected chi connectivity index (χ1v) is 6.54. The second-order valence-electron chi connectivity index (χ2n) is 5.30. The van der Waals surface area contributed by atoms with Gasteiger partial charge in [0.15, 0.2) is 0 Å². The summed E-state index contributed by atoms with van der Waals surface area (Å²) in [6.07, 6.45) is 6.03. The molecule has 0 saturated heterocycles. The Morgan fingerprint density at radius 2 is 2.12 bits per heavy atom. The van der Waals surface area contributed by atoms with E-state index in [1.165, 1.54) is 40.4 Å². The molecule has 0 radical (unpaired) electrons. The van der Waals surface area contributed by atoms with Crippen LogP contribution in [0.2, 0.25) is 0 Å². The molecule has 1 aromatic carbocycles. The highest BCUT2D eigenvalue weighted by Crippen LogP contribution is 2.24. The maximum absolute atomic E-state index is 3.58. The third kappa shape index (κ3) is 2.22. The molecule has 1 saturated carbocycles. The molecule has 0 amide bonds. The van der Waals surface area contributed by atoms with Crippen molar-refractivity contribution in [3.8, 4) is 0 Å². The standard InChI is InChI=1S/C15H20N2/c1-10-7-11(2)15-12(9-17-14(15)8-10)5-6-16-13-3-4-13/h7-9,13,16-17H,3-6H2,1-2H3. The Balaban J connectivity index is 1.83. The number of benzene rings is 1. The Bertz CT molecular complexity index is 535. The van der Waals surface area contributed by atoms with E-state index in [0.29, 0.717) is 0 Å². The summed E-state index contributed by atoms with van der Waals surface area (Å²) in [7, 11) is 0. The fraction of sp³-hybridized carbons (Fsp3) is 0.467. The highest BCUT2D eigenvalue weighted by molar-refractivity contribution is 5.87. The molecule has 0 aliphatic heterocycles. The smallest absolute Gasteiger partial charge is 0.0462 e. The second kappa shape index (κ2) is 4.19. The molecule has 0 bridgehead atoms. The largest absolute Gasteiger partial charge is 0.361 e. The predicted molar refractivity (Wildman–Crippen MR) is 72.5 cm³/mol. The van der Waals surface area contributed by atoms with Crippen LogP contribution in [0.5, 0.6) is 0 Å². The van der Waals surface area contributed by atoms with Crippen LogP contribution >= 0.6 is 0 Å². The molecule has 1 aromatic heterocycles. The molecule has 2 heteroatoms. The number of aromatic amines is 1. The Kier molecular flexibility index (Phi) is 2.67. The predicted octanol–water partition coefficient (Wildman–Crippen LogP) is 3.08. The van der Waals surface area contributed by atoms with Gasteiger partial charge in [0, 0.05) is 23.1 Å². The fourth-order valence-electron chi connectivity index (χ4n) is 2.64. The van der Waals surface area contributed by atoms with E-state index >= 15 is 0 Å². The van der Waals surface area contributed by atoms with Gasteiger partial charge in [-0.05, 0) is 62.4 Å². The van der Waals surface area contributed by atoms with E-state index in [4.69, 9.17) is 0 Å². The minimum absolute atomic E-state index is 0.809. The molecule has 2 nitrogen and oxygen atoms in total. The van der Waals surface area contributed by atoms with Gasteiger partial charge in [-0.1, -0.05) is 6.07 Å². The number of hydrogen-bond donors (Lipinski definition) is 2. The Morgan fingerprint density at radius 3 is 2.88 bits per heavy atom. The van der Waals surface area contributed by atoms with Crippen molar-refractivity contribution in [2.24, 2.45) is 0 Å². The second-order valence-corrected chi connectivity index (χ2v) is 5.30. The van der Waals surface area contributed by atoms with Crippen molar-refractivity contribution in [3.63, 3.8) is 0 Å².